The van der Waals surface area contributed by atoms with Gasteiger partial charge in [0.1, 0.15) is 5.54 Å². The molecule has 1 fully saturated rings. The fourth-order valence-corrected chi connectivity index (χ4v) is 3.33. The number of likely N-dealkylation sites (N-methyl/N-ethyl adjacent to an activating group) is 1. The second-order valence-corrected chi connectivity index (χ2v) is 6.35. The van der Waals surface area contributed by atoms with E-state index in [9.17, 15) is 4.79 Å². The summed E-state index contributed by atoms with van der Waals surface area (Å²) in [5.74, 6) is -0.295. The van der Waals surface area contributed by atoms with E-state index in [1.54, 1.807) is 6.92 Å². The minimum absolute atomic E-state index is 0.295. The lowest BCUT2D eigenvalue weighted by molar-refractivity contribution is -0.149. The maximum Gasteiger partial charge on any atom is 0.325 e. The van der Waals surface area contributed by atoms with Crippen molar-refractivity contribution in [3.05, 3.63) is 0 Å². The normalized spacial score (nSPS) is 24.0. The topological polar surface area (TPSA) is 58.8 Å². The summed E-state index contributed by atoms with van der Waals surface area (Å²) in [6, 6.07) is 0.930. The van der Waals surface area contributed by atoms with Gasteiger partial charge in [-0.25, -0.2) is 0 Å². The van der Waals surface area contributed by atoms with E-state index in [1.165, 1.54) is 6.42 Å². The summed E-state index contributed by atoms with van der Waals surface area (Å²) < 4.78 is 5.07. The van der Waals surface area contributed by atoms with Crippen molar-refractivity contribution < 1.29 is 9.53 Å². The molecule has 0 amide bonds. The standard InChI is InChI=1S/C16H33N3O2/c1-6-18(7-2)14-9-10-19(12-14)13(4)11-16(5,17)15(20)21-8-3/h13-14H,6-12,17H2,1-5H3. The van der Waals surface area contributed by atoms with Gasteiger partial charge in [-0.2, -0.15) is 0 Å². The van der Waals surface area contributed by atoms with Crippen LogP contribution in [0.25, 0.3) is 0 Å². The van der Waals surface area contributed by atoms with Crippen LogP contribution in [0.3, 0.4) is 0 Å². The molecule has 0 radical (unpaired) electrons. The number of nitrogens with zero attached hydrogens (tertiary/aromatic N) is 2. The molecule has 3 unspecified atom stereocenters. The van der Waals surface area contributed by atoms with Gasteiger partial charge in [-0.15, -0.1) is 0 Å². The molecule has 0 aromatic carbocycles. The first-order chi connectivity index (χ1) is 9.85. The zero-order valence-corrected chi connectivity index (χ0v) is 14.4. The number of likely N-dealkylation sites (tertiary alicyclic amines) is 1. The van der Waals surface area contributed by atoms with Crippen molar-refractivity contribution in [1.82, 2.24) is 9.80 Å². The number of nitrogens with two attached hydrogens (primary N) is 1. The summed E-state index contributed by atoms with van der Waals surface area (Å²) in [7, 11) is 0. The van der Waals surface area contributed by atoms with Gasteiger partial charge in [-0.3, -0.25) is 14.6 Å². The highest BCUT2D eigenvalue weighted by Crippen LogP contribution is 2.22. The Morgan fingerprint density at radius 3 is 2.57 bits per heavy atom. The van der Waals surface area contributed by atoms with E-state index in [1.807, 2.05) is 6.92 Å². The molecule has 0 saturated carbocycles. The molecule has 1 aliphatic rings. The number of hydrogen-bond donors (Lipinski definition) is 1. The van der Waals surface area contributed by atoms with Crippen LogP contribution in [0, 0.1) is 0 Å². The maximum absolute atomic E-state index is 11.9. The number of carbonyl (C=O) groups excluding carboxylic acids is 1. The van der Waals surface area contributed by atoms with Crippen LogP contribution in [-0.2, 0) is 9.53 Å². The minimum Gasteiger partial charge on any atom is -0.465 e. The molecule has 1 saturated heterocycles. The summed E-state index contributed by atoms with van der Waals surface area (Å²) >= 11 is 0. The lowest BCUT2D eigenvalue weighted by atomic mass is 9.94. The Kier molecular flexibility index (Phi) is 7.10. The van der Waals surface area contributed by atoms with Crippen molar-refractivity contribution in [2.45, 2.75) is 65.1 Å². The first-order valence-electron chi connectivity index (χ1n) is 8.29. The average Bonchev–Trinajstić information content (AvgIpc) is 2.90. The first kappa shape index (κ1) is 18.4. The molecular weight excluding hydrogens is 266 g/mol. The number of ether oxygens (including phenoxy) is 1. The van der Waals surface area contributed by atoms with Gasteiger partial charge < -0.3 is 10.5 Å². The quantitative estimate of drug-likeness (QED) is 0.688. The van der Waals surface area contributed by atoms with Gasteiger partial charge in [0.05, 0.1) is 6.61 Å². The van der Waals surface area contributed by atoms with E-state index in [2.05, 4.69) is 30.6 Å². The molecule has 5 nitrogen and oxygen atoms in total. The Bertz CT molecular complexity index is 329. The molecule has 0 aromatic heterocycles. The van der Waals surface area contributed by atoms with Crippen molar-refractivity contribution in [2.75, 3.05) is 32.8 Å². The fraction of sp³-hybridized carbons (Fsp3) is 0.938. The molecule has 1 heterocycles. The summed E-state index contributed by atoms with van der Waals surface area (Å²) in [6.45, 7) is 14.9. The average molecular weight is 299 g/mol. The van der Waals surface area contributed by atoms with Crippen LogP contribution in [0.4, 0.5) is 0 Å². The molecule has 5 heteroatoms. The van der Waals surface area contributed by atoms with E-state index in [-0.39, 0.29) is 5.97 Å². The van der Waals surface area contributed by atoms with Crippen LogP contribution >= 0.6 is 0 Å². The van der Waals surface area contributed by atoms with Crippen molar-refractivity contribution in [2.24, 2.45) is 5.73 Å². The molecule has 0 bridgehead atoms. The highest BCUT2D eigenvalue weighted by Gasteiger charge is 2.36. The third-order valence-electron chi connectivity index (χ3n) is 4.61. The number of rotatable bonds is 8. The lowest BCUT2D eigenvalue weighted by Crippen LogP contribution is -2.51. The van der Waals surface area contributed by atoms with Crippen LogP contribution in [0.5, 0.6) is 0 Å². The predicted octanol–water partition coefficient (Wildman–Crippen LogP) is 1.46. The zero-order chi connectivity index (χ0) is 16.0. The van der Waals surface area contributed by atoms with E-state index >= 15 is 0 Å². The molecule has 0 aliphatic carbocycles. The Morgan fingerprint density at radius 2 is 2.05 bits per heavy atom. The fourth-order valence-electron chi connectivity index (χ4n) is 3.33. The minimum atomic E-state index is -0.900. The van der Waals surface area contributed by atoms with Gasteiger partial charge in [0.25, 0.3) is 0 Å². The Hall–Kier alpha value is -0.650. The molecule has 0 aromatic rings. The van der Waals surface area contributed by atoms with E-state index in [0.717, 1.165) is 26.2 Å². The lowest BCUT2D eigenvalue weighted by Gasteiger charge is -2.32. The summed E-state index contributed by atoms with van der Waals surface area (Å²) in [4.78, 5) is 16.9. The molecule has 21 heavy (non-hydrogen) atoms. The van der Waals surface area contributed by atoms with Gasteiger partial charge in [-0.1, -0.05) is 13.8 Å². The van der Waals surface area contributed by atoms with Gasteiger partial charge >= 0.3 is 5.97 Å². The largest absolute Gasteiger partial charge is 0.465 e. The molecule has 2 N–H and O–H groups in total. The SMILES string of the molecule is CCOC(=O)C(C)(N)CC(C)N1CCC(N(CC)CC)C1. The Morgan fingerprint density at radius 1 is 1.43 bits per heavy atom. The van der Waals surface area contributed by atoms with Crippen LogP contribution < -0.4 is 5.73 Å². The molecule has 1 aliphatic heterocycles. The Labute approximate surface area is 129 Å². The van der Waals surface area contributed by atoms with E-state index in [4.69, 9.17) is 10.5 Å². The summed E-state index contributed by atoms with van der Waals surface area (Å²) in [6.07, 6.45) is 1.84. The molecule has 0 spiro atoms. The Balaban J connectivity index is 2.53. The smallest absolute Gasteiger partial charge is 0.325 e. The van der Waals surface area contributed by atoms with Crippen molar-refractivity contribution in [3.8, 4) is 0 Å². The third kappa shape index (κ3) is 4.94. The maximum atomic E-state index is 11.9. The number of esters is 1. The second kappa shape index (κ2) is 8.11. The van der Waals surface area contributed by atoms with Crippen LogP contribution in [0.1, 0.15) is 47.5 Å². The number of hydrogen-bond acceptors (Lipinski definition) is 5. The highest BCUT2D eigenvalue weighted by atomic mass is 16.5. The summed E-state index contributed by atoms with van der Waals surface area (Å²) in [5, 5.41) is 0. The summed E-state index contributed by atoms with van der Waals surface area (Å²) in [5.41, 5.74) is 5.25. The van der Waals surface area contributed by atoms with E-state index < -0.39 is 5.54 Å². The van der Waals surface area contributed by atoms with Gasteiger partial charge in [0.15, 0.2) is 0 Å². The van der Waals surface area contributed by atoms with Gasteiger partial charge in [-0.05, 0) is 46.7 Å². The van der Waals surface area contributed by atoms with Crippen LogP contribution in [-0.4, -0.2) is 66.2 Å². The van der Waals surface area contributed by atoms with Gasteiger partial charge in [0, 0.05) is 25.2 Å². The van der Waals surface area contributed by atoms with Crippen molar-refractivity contribution in [3.63, 3.8) is 0 Å². The molecular formula is C16H33N3O2. The zero-order valence-electron chi connectivity index (χ0n) is 14.4. The predicted molar refractivity (Wildman–Crippen MR) is 86.2 cm³/mol. The van der Waals surface area contributed by atoms with Crippen LogP contribution in [0.2, 0.25) is 0 Å². The first-order valence-corrected chi connectivity index (χ1v) is 8.29. The monoisotopic (exact) mass is 299 g/mol. The highest BCUT2D eigenvalue weighted by molar-refractivity contribution is 5.80. The van der Waals surface area contributed by atoms with Gasteiger partial charge in [0.2, 0.25) is 0 Å². The molecule has 124 valence electrons. The number of carbonyl (C=O) groups is 1. The second-order valence-electron chi connectivity index (χ2n) is 6.35. The molecule has 1 rings (SSSR count). The van der Waals surface area contributed by atoms with Crippen molar-refractivity contribution in [1.29, 1.82) is 0 Å². The third-order valence-corrected chi connectivity index (χ3v) is 4.61. The van der Waals surface area contributed by atoms with E-state index in [0.29, 0.717) is 25.1 Å². The van der Waals surface area contributed by atoms with Crippen LogP contribution in [0.15, 0.2) is 0 Å². The molecule has 3 atom stereocenters. The van der Waals surface area contributed by atoms with Crippen molar-refractivity contribution >= 4 is 5.97 Å².